The minimum atomic E-state index is -0.118. The van der Waals surface area contributed by atoms with E-state index in [1.54, 1.807) is 38.5 Å². The van der Waals surface area contributed by atoms with E-state index in [0.717, 1.165) is 24.0 Å². The third-order valence-electron chi connectivity index (χ3n) is 9.87. The fourth-order valence-electron chi connectivity index (χ4n) is 7.17. The predicted octanol–water partition coefficient (Wildman–Crippen LogP) is 5.74. The first-order valence-corrected chi connectivity index (χ1v) is 17.1. The van der Waals surface area contributed by atoms with Crippen molar-refractivity contribution >= 4 is 35.6 Å². The molecular formula is C40H38N4O7. The van der Waals surface area contributed by atoms with E-state index in [1.807, 2.05) is 46.5 Å². The molecule has 4 aliphatic heterocycles. The van der Waals surface area contributed by atoms with E-state index in [2.05, 4.69) is 24.3 Å². The highest BCUT2D eigenvalue weighted by atomic mass is 16.6. The number of carbonyl (C=O) groups excluding carboxylic acids is 2. The van der Waals surface area contributed by atoms with Gasteiger partial charge in [-0.1, -0.05) is 48.5 Å². The summed E-state index contributed by atoms with van der Waals surface area (Å²) in [6, 6.07) is 23.1. The number of benzene rings is 4. The van der Waals surface area contributed by atoms with E-state index in [4.69, 9.17) is 33.7 Å². The topological polar surface area (TPSA) is 111 Å². The van der Waals surface area contributed by atoms with Gasteiger partial charge in [0.2, 0.25) is 0 Å². The van der Waals surface area contributed by atoms with Crippen LogP contribution in [0.15, 0.2) is 82.8 Å². The van der Waals surface area contributed by atoms with Crippen LogP contribution in [0.4, 0.5) is 11.4 Å². The first-order valence-electron chi connectivity index (χ1n) is 17.1. The molecule has 0 radical (unpaired) electrons. The molecule has 0 aliphatic carbocycles. The molecule has 0 fully saturated rings. The van der Waals surface area contributed by atoms with E-state index in [0.29, 0.717) is 71.8 Å². The summed E-state index contributed by atoms with van der Waals surface area (Å²) in [4.78, 5) is 40.4. The van der Waals surface area contributed by atoms with Crippen molar-refractivity contribution in [2.24, 2.45) is 9.98 Å². The maximum absolute atomic E-state index is 13.6. The van der Waals surface area contributed by atoms with E-state index in [1.165, 1.54) is 11.1 Å². The van der Waals surface area contributed by atoms with E-state index in [9.17, 15) is 9.59 Å². The molecule has 0 bridgehead atoms. The highest BCUT2D eigenvalue weighted by molar-refractivity contribution is 6.04. The Balaban J connectivity index is 0.864. The second kappa shape index (κ2) is 13.9. The quantitative estimate of drug-likeness (QED) is 0.196. The molecule has 0 saturated heterocycles. The molecule has 4 aromatic carbocycles. The van der Waals surface area contributed by atoms with E-state index < -0.39 is 0 Å². The Bertz CT molecular complexity index is 1920. The van der Waals surface area contributed by atoms with Crippen molar-refractivity contribution < 1.29 is 33.3 Å². The molecule has 0 N–H and O–H groups in total. The number of methoxy groups -OCH3 is 2. The van der Waals surface area contributed by atoms with Crippen LogP contribution in [0, 0.1) is 0 Å². The van der Waals surface area contributed by atoms with Crippen molar-refractivity contribution in [2.45, 2.75) is 38.0 Å². The van der Waals surface area contributed by atoms with Gasteiger partial charge in [0.1, 0.15) is 13.2 Å². The lowest BCUT2D eigenvalue weighted by molar-refractivity contribution is 0.0696. The Hall–Kier alpha value is -5.68. The van der Waals surface area contributed by atoms with Gasteiger partial charge in [-0.2, -0.15) is 0 Å². The largest absolute Gasteiger partial charge is 0.493 e. The predicted molar refractivity (Wildman–Crippen MR) is 192 cm³/mol. The van der Waals surface area contributed by atoms with Crippen LogP contribution in [-0.2, 0) is 30.7 Å². The Labute approximate surface area is 296 Å². The van der Waals surface area contributed by atoms with E-state index in [-0.39, 0.29) is 37.1 Å². The molecule has 2 amide bonds. The van der Waals surface area contributed by atoms with Crippen LogP contribution in [-0.4, -0.2) is 86.8 Å². The van der Waals surface area contributed by atoms with Crippen LogP contribution < -0.4 is 18.9 Å². The Morgan fingerprint density at radius 3 is 1.45 bits per heavy atom. The standard InChI is InChI=1S/C40H38N4O7/c1-47-35-17-31-33(41-21-29-15-25-7-3-5-9-27(25)23-43(29)39(31)45)19-37(35)50-13-11-49-12-14-51-38-20-34-32(18-36(38)48-2)40(46)44-24-28-10-6-4-8-26(28)16-30(44)22-42-34/h3-10,17-22,29-30H,11-16,23-24H2,1-2H3/t29-,30?/m0/s1. The number of rotatable bonds is 10. The number of carbonyl (C=O) groups is 2. The first kappa shape index (κ1) is 32.5. The molecule has 2 atom stereocenters. The average Bonchev–Trinajstić information content (AvgIpc) is 3.38. The van der Waals surface area contributed by atoms with Gasteiger partial charge in [-0.15, -0.1) is 0 Å². The molecular weight excluding hydrogens is 648 g/mol. The lowest BCUT2D eigenvalue weighted by Gasteiger charge is -2.34. The number of fused-ring (bicyclic) bond motifs is 6. The van der Waals surface area contributed by atoms with Gasteiger partial charge in [-0.25, -0.2) is 0 Å². The zero-order chi connectivity index (χ0) is 34.9. The highest BCUT2D eigenvalue weighted by Gasteiger charge is 2.34. The van der Waals surface area contributed by atoms with Gasteiger partial charge in [0.05, 0.1) is 62.0 Å². The van der Waals surface area contributed by atoms with Crippen LogP contribution in [0.5, 0.6) is 23.0 Å². The molecule has 1 unspecified atom stereocenters. The van der Waals surface area contributed by atoms with Crippen molar-refractivity contribution in [1.82, 2.24) is 9.80 Å². The van der Waals surface area contributed by atoms with Gasteiger partial charge in [0.15, 0.2) is 23.0 Å². The molecule has 4 aromatic rings. The summed E-state index contributed by atoms with van der Waals surface area (Å²) in [5, 5.41) is 0. The Morgan fingerprint density at radius 1 is 0.588 bits per heavy atom. The molecule has 8 rings (SSSR count). The number of nitrogens with zero attached hydrogens (tertiary/aromatic N) is 4. The maximum Gasteiger partial charge on any atom is 0.257 e. The fraction of sp³-hybridized carbons (Fsp3) is 0.300. The van der Waals surface area contributed by atoms with Crippen molar-refractivity contribution in [3.63, 3.8) is 0 Å². The van der Waals surface area contributed by atoms with Crippen molar-refractivity contribution in [3.05, 3.63) is 106 Å². The third kappa shape index (κ3) is 6.29. The minimum absolute atomic E-state index is 0.0820. The minimum Gasteiger partial charge on any atom is -0.493 e. The molecule has 0 spiro atoms. The SMILES string of the molecule is COc1cc2c(cc1OCCOCCOc1cc3c(cc1OC)C(=O)N1Cc4ccccc4C[C@H]1C=N3)N=CC1Cc3ccccc3CN1C2=O. The van der Waals surface area contributed by atoms with Crippen LogP contribution in [0.1, 0.15) is 43.0 Å². The molecule has 260 valence electrons. The summed E-state index contributed by atoms with van der Waals surface area (Å²) in [5.41, 5.74) is 6.84. The van der Waals surface area contributed by atoms with Gasteiger partial charge >= 0.3 is 0 Å². The number of hydrogen-bond donors (Lipinski definition) is 0. The monoisotopic (exact) mass is 686 g/mol. The Kier molecular flexibility index (Phi) is 8.87. The van der Waals surface area contributed by atoms with Gasteiger partial charge in [0.25, 0.3) is 11.8 Å². The van der Waals surface area contributed by atoms with Crippen LogP contribution in [0.3, 0.4) is 0 Å². The van der Waals surface area contributed by atoms with Gasteiger partial charge in [-0.05, 0) is 47.2 Å². The lowest BCUT2D eigenvalue weighted by Crippen LogP contribution is -2.44. The summed E-state index contributed by atoms with van der Waals surface area (Å²) < 4.78 is 29.1. The molecule has 11 nitrogen and oxygen atoms in total. The number of amides is 2. The molecule has 4 aliphatic rings. The number of hydrogen-bond acceptors (Lipinski definition) is 9. The normalized spacial score (nSPS) is 18.3. The Morgan fingerprint density at radius 2 is 1.02 bits per heavy atom. The summed E-state index contributed by atoms with van der Waals surface area (Å²) in [6.45, 7) is 2.15. The van der Waals surface area contributed by atoms with Crippen LogP contribution >= 0.6 is 0 Å². The molecule has 4 heterocycles. The highest BCUT2D eigenvalue weighted by Crippen LogP contribution is 2.40. The third-order valence-corrected chi connectivity index (χ3v) is 9.87. The zero-order valence-electron chi connectivity index (χ0n) is 28.5. The van der Waals surface area contributed by atoms with Crippen molar-refractivity contribution in [1.29, 1.82) is 0 Å². The summed E-state index contributed by atoms with van der Waals surface area (Å²) in [6.07, 6.45) is 5.16. The summed E-state index contributed by atoms with van der Waals surface area (Å²) in [7, 11) is 3.10. The lowest BCUT2D eigenvalue weighted by atomic mass is 9.94. The van der Waals surface area contributed by atoms with Crippen molar-refractivity contribution in [2.75, 3.05) is 40.6 Å². The summed E-state index contributed by atoms with van der Waals surface area (Å²) in [5.74, 6) is 1.70. The van der Waals surface area contributed by atoms with Gasteiger partial charge in [0, 0.05) is 37.7 Å². The molecule has 51 heavy (non-hydrogen) atoms. The smallest absolute Gasteiger partial charge is 0.257 e. The molecule has 11 heteroatoms. The zero-order valence-corrected chi connectivity index (χ0v) is 28.5. The maximum atomic E-state index is 13.6. The number of aliphatic imine (C=N–C) groups is 2. The molecule has 0 saturated carbocycles. The number of ether oxygens (including phenoxy) is 5. The summed E-state index contributed by atoms with van der Waals surface area (Å²) >= 11 is 0. The van der Waals surface area contributed by atoms with E-state index >= 15 is 0 Å². The first-order chi connectivity index (χ1) is 25.0. The second-order valence-electron chi connectivity index (χ2n) is 12.9. The average molecular weight is 687 g/mol. The van der Waals surface area contributed by atoms with Crippen LogP contribution in [0.25, 0.3) is 0 Å². The van der Waals surface area contributed by atoms with Crippen LogP contribution in [0.2, 0.25) is 0 Å². The second-order valence-corrected chi connectivity index (χ2v) is 12.9. The van der Waals surface area contributed by atoms with Gasteiger partial charge in [-0.3, -0.25) is 19.6 Å². The molecule has 0 aromatic heterocycles. The van der Waals surface area contributed by atoms with Gasteiger partial charge < -0.3 is 33.5 Å². The van der Waals surface area contributed by atoms with Crippen molar-refractivity contribution in [3.8, 4) is 23.0 Å². The fourth-order valence-corrected chi connectivity index (χ4v) is 7.17.